The van der Waals surface area contributed by atoms with Gasteiger partial charge in [0.15, 0.2) is 0 Å². The molecule has 0 spiro atoms. The van der Waals surface area contributed by atoms with Crippen LogP contribution < -0.4 is 0 Å². The van der Waals surface area contributed by atoms with E-state index in [9.17, 15) is 4.79 Å². The molecule has 0 aliphatic rings. The highest BCUT2D eigenvalue weighted by molar-refractivity contribution is 5.95. The highest BCUT2D eigenvalue weighted by Crippen LogP contribution is 2.18. The van der Waals surface area contributed by atoms with Crippen molar-refractivity contribution in [2.75, 3.05) is 0 Å². The molecule has 3 rings (SSSR count). The average molecular weight is 264 g/mol. The topological polar surface area (TPSA) is 66.0 Å². The molecule has 0 bridgehead atoms. The largest absolute Gasteiger partial charge is 0.478 e. The fraction of sp³-hybridized carbons (Fsp3) is 0. The summed E-state index contributed by atoms with van der Waals surface area (Å²) >= 11 is 0. The van der Waals surface area contributed by atoms with Crippen LogP contribution in [0.3, 0.4) is 0 Å². The van der Waals surface area contributed by atoms with Crippen LogP contribution in [0.1, 0.15) is 21.6 Å². The number of H-pyrrole nitrogens is 1. The first-order chi connectivity index (χ1) is 9.75. The summed E-state index contributed by atoms with van der Waals surface area (Å²) < 4.78 is 0. The molecule has 0 radical (unpaired) electrons. The van der Waals surface area contributed by atoms with Gasteiger partial charge in [0.2, 0.25) is 0 Å². The number of aromatic nitrogens is 2. The first-order valence-corrected chi connectivity index (χ1v) is 6.19. The second-order valence-electron chi connectivity index (χ2n) is 4.38. The molecule has 0 aliphatic heterocycles. The van der Waals surface area contributed by atoms with E-state index in [-0.39, 0.29) is 5.56 Å². The Hall–Kier alpha value is -2.88. The average Bonchev–Trinajstić information content (AvgIpc) is 2.88. The third kappa shape index (κ3) is 2.19. The maximum absolute atomic E-state index is 11.1. The van der Waals surface area contributed by atoms with Gasteiger partial charge in [-0.1, -0.05) is 42.5 Å². The molecule has 0 saturated heterocycles. The van der Waals surface area contributed by atoms with Crippen LogP contribution in [-0.4, -0.2) is 21.3 Å². The van der Waals surface area contributed by atoms with Crippen LogP contribution in [0.4, 0.5) is 0 Å². The van der Waals surface area contributed by atoms with Gasteiger partial charge in [-0.25, -0.2) is 4.79 Å². The Morgan fingerprint density at radius 3 is 2.65 bits per heavy atom. The van der Waals surface area contributed by atoms with Crippen LogP contribution in [0.25, 0.3) is 23.1 Å². The molecule has 0 amide bonds. The summed E-state index contributed by atoms with van der Waals surface area (Å²) in [5.41, 5.74) is 2.69. The first kappa shape index (κ1) is 12.2. The Morgan fingerprint density at radius 2 is 1.80 bits per heavy atom. The maximum atomic E-state index is 11.1. The van der Waals surface area contributed by atoms with Crippen LogP contribution in [0, 0.1) is 0 Å². The van der Waals surface area contributed by atoms with E-state index in [1.165, 1.54) is 0 Å². The van der Waals surface area contributed by atoms with Gasteiger partial charge in [0.1, 0.15) is 0 Å². The van der Waals surface area contributed by atoms with Crippen molar-refractivity contribution in [3.63, 3.8) is 0 Å². The van der Waals surface area contributed by atoms with E-state index in [0.29, 0.717) is 5.56 Å². The zero-order valence-electron chi connectivity index (χ0n) is 10.6. The lowest BCUT2D eigenvalue weighted by Crippen LogP contribution is -1.98. The normalized spacial score (nSPS) is 11.2. The molecule has 0 unspecified atom stereocenters. The molecule has 20 heavy (non-hydrogen) atoms. The van der Waals surface area contributed by atoms with Crippen LogP contribution >= 0.6 is 0 Å². The number of aromatic carboxylic acids is 1. The summed E-state index contributed by atoms with van der Waals surface area (Å²) in [7, 11) is 0. The molecular weight excluding hydrogens is 252 g/mol. The van der Waals surface area contributed by atoms with Gasteiger partial charge in [0.05, 0.1) is 16.8 Å². The number of nitrogens with zero attached hydrogens (tertiary/aromatic N) is 1. The van der Waals surface area contributed by atoms with Gasteiger partial charge < -0.3 is 5.11 Å². The monoisotopic (exact) mass is 264 g/mol. The maximum Gasteiger partial charge on any atom is 0.336 e. The molecule has 2 N–H and O–H groups in total. The predicted octanol–water partition coefficient (Wildman–Crippen LogP) is 3.43. The summed E-state index contributed by atoms with van der Waals surface area (Å²) in [4.78, 5) is 11.1. The lowest BCUT2D eigenvalue weighted by molar-refractivity contribution is 0.0696. The number of carbonyl (C=O) groups is 1. The number of hydrogen-bond donors (Lipinski definition) is 2. The van der Waals surface area contributed by atoms with Crippen LogP contribution in [0.5, 0.6) is 0 Å². The Bertz CT molecular complexity index is 803. The number of hydrogen-bond acceptors (Lipinski definition) is 2. The Morgan fingerprint density at radius 1 is 1.05 bits per heavy atom. The summed E-state index contributed by atoms with van der Waals surface area (Å²) in [5, 5.41) is 17.3. The fourth-order valence-electron chi connectivity index (χ4n) is 2.12. The Labute approximate surface area is 115 Å². The molecule has 0 aliphatic carbocycles. The molecule has 0 fully saturated rings. The lowest BCUT2D eigenvalue weighted by atomic mass is 10.1. The molecule has 4 nitrogen and oxygen atoms in total. The second-order valence-corrected chi connectivity index (χ2v) is 4.38. The summed E-state index contributed by atoms with van der Waals surface area (Å²) in [6.07, 6.45) is 3.59. The van der Waals surface area contributed by atoms with Crippen molar-refractivity contribution in [2.45, 2.75) is 0 Å². The van der Waals surface area contributed by atoms with Gasteiger partial charge in [-0.3, -0.25) is 5.10 Å². The van der Waals surface area contributed by atoms with E-state index in [4.69, 9.17) is 5.11 Å². The molecule has 0 saturated carbocycles. The van der Waals surface area contributed by atoms with Crippen LogP contribution in [-0.2, 0) is 0 Å². The van der Waals surface area contributed by atoms with Gasteiger partial charge in [0.25, 0.3) is 0 Å². The SMILES string of the molecule is O=C(O)c1ccccc1/C=C/c1n[nH]c2ccccc12. The molecule has 0 atom stereocenters. The molecular formula is C16H12N2O2. The summed E-state index contributed by atoms with van der Waals surface area (Å²) in [6.45, 7) is 0. The third-order valence-corrected chi connectivity index (χ3v) is 3.11. The van der Waals surface area contributed by atoms with E-state index in [0.717, 1.165) is 16.6 Å². The molecule has 1 aromatic heterocycles. The molecule has 1 heterocycles. The van der Waals surface area contributed by atoms with Gasteiger partial charge >= 0.3 is 5.97 Å². The number of aromatic amines is 1. The van der Waals surface area contributed by atoms with Gasteiger partial charge in [0, 0.05) is 5.39 Å². The minimum absolute atomic E-state index is 0.281. The second kappa shape index (κ2) is 5.01. The van der Waals surface area contributed by atoms with E-state index in [1.807, 2.05) is 36.4 Å². The minimum atomic E-state index is -0.933. The van der Waals surface area contributed by atoms with Crippen molar-refractivity contribution >= 4 is 29.0 Å². The number of carboxylic acid groups (broad SMARTS) is 1. The van der Waals surface area contributed by atoms with Crippen molar-refractivity contribution in [3.8, 4) is 0 Å². The number of carboxylic acids is 1. The van der Waals surface area contributed by atoms with Gasteiger partial charge in [-0.15, -0.1) is 0 Å². The highest BCUT2D eigenvalue weighted by atomic mass is 16.4. The van der Waals surface area contributed by atoms with E-state index in [2.05, 4.69) is 10.2 Å². The van der Waals surface area contributed by atoms with Crippen LogP contribution in [0.15, 0.2) is 48.5 Å². The zero-order valence-corrected chi connectivity index (χ0v) is 10.6. The predicted molar refractivity (Wildman–Crippen MR) is 78.4 cm³/mol. The smallest absolute Gasteiger partial charge is 0.336 e. The summed E-state index contributed by atoms with van der Waals surface area (Å²) in [5.74, 6) is -0.933. The van der Waals surface area contributed by atoms with Crippen molar-refractivity contribution in [1.29, 1.82) is 0 Å². The molecule has 4 heteroatoms. The number of para-hydroxylation sites is 1. The standard InChI is InChI=1S/C16H12N2O2/c19-16(20)12-6-2-1-5-11(12)9-10-15-13-7-3-4-8-14(13)17-18-15/h1-10H,(H,17,18)(H,19,20)/b10-9+. The van der Waals surface area contributed by atoms with Crippen LogP contribution in [0.2, 0.25) is 0 Å². The van der Waals surface area contributed by atoms with Crippen molar-refractivity contribution in [3.05, 3.63) is 65.4 Å². The van der Waals surface area contributed by atoms with E-state index < -0.39 is 5.97 Å². The quantitative estimate of drug-likeness (QED) is 0.761. The molecule has 2 aromatic carbocycles. The number of rotatable bonds is 3. The lowest BCUT2D eigenvalue weighted by Gasteiger charge is -1.99. The van der Waals surface area contributed by atoms with Gasteiger partial charge in [-0.05, 0) is 23.8 Å². The fourth-order valence-corrected chi connectivity index (χ4v) is 2.12. The van der Waals surface area contributed by atoms with E-state index >= 15 is 0 Å². The van der Waals surface area contributed by atoms with Crippen molar-refractivity contribution in [1.82, 2.24) is 10.2 Å². The van der Waals surface area contributed by atoms with Crippen molar-refractivity contribution < 1.29 is 9.90 Å². The number of benzene rings is 2. The number of nitrogens with one attached hydrogen (secondary N) is 1. The summed E-state index contributed by atoms with van der Waals surface area (Å²) in [6, 6.07) is 14.7. The van der Waals surface area contributed by atoms with E-state index in [1.54, 1.807) is 24.3 Å². The minimum Gasteiger partial charge on any atom is -0.478 e. The molecule has 98 valence electrons. The first-order valence-electron chi connectivity index (χ1n) is 6.19. The van der Waals surface area contributed by atoms with Crippen molar-refractivity contribution in [2.24, 2.45) is 0 Å². The Balaban J connectivity index is 2.01. The Kier molecular flexibility index (Phi) is 3.05. The van der Waals surface area contributed by atoms with Gasteiger partial charge in [-0.2, -0.15) is 5.10 Å². The highest BCUT2D eigenvalue weighted by Gasteiger charge is 2.07. The zero-order chi connectivity index (χ0) is 13.9. The number of fused-ring (bicyclic) bond motifs is 1. The third-order valence-electron chi connectivity index (χ3n) is 3.11. The molecule has 3 aromatic rings.